The summed E-state index contributed by atoms with van der Waals surface area (Å²) in [6, 6.07) is 14.8. The molecule has 148 valence electrons. The maximum absolute atomic E-state index is 11.2. The highest BCUT2D eigenvalue weighted by molar-refractivity contribution is 6.66. The maximum atomic E-state index is 11.2. The molecule has 2 aromatic rings. The van der Waals surface area contributed by atoms with Crippen LogP contribution in [0.15, 0.2) is 48.5 Å². The first-order valence-electron chi connectivity index (χ1n) is 9.10. The predicted molar refractivity (Wildman–Crippen MR) is 106 cm³/mol. The van der Waals surface area contributed by atoms with Gasteiger partial charge in [-0.2, -0.15) is 0 Å². The molecule has 2 saturated carbocycles. The van der Waals surface area contributed by atoms with Crippen molar-refractivity contribution in [2.24, 2.45) is 0 Å². The summed E-state index contributed by atoms with van der Waals surface area (Å²) < 4.78 is 10.1. The van der Waals surface area contributed by atoms with Crippen molar-refractivity contribution in [1.29, 1.82) is 0 Å². The smallest absolute Gasteiger partial charge is 0.314 e. The monoisotopic (exact) mass is 402 g/mol. The highest BCUT2D eigenvalue weighted by atomic mass is 35.5. The molecule has 0 aliphatic heterocycles. The third kappa shape index (κ3) is 3.85. The maximum Gasteiger partial charge on any atom is 0.314 e. The first kappa shape index (κ1) is 20.2. The van der Waals surface area contributed by atoms with Gasteiger partial charge in [-0.25, -0.2) is 0 Å². The average Bonchev–Trinajstić information content (AvgIpc) is 3.62. The number of benzene rings is 2. The van der Waals surface area contributed by atoms with Gasteiger partial charge in [0.1, 0.15) is 11.5 Å². The Morgan fingerprint density at radius 1 is 0.786 bits per heavy atom. The number of carboxylic acids is 1. The van der Waals surface area contributed by atoms with Gasteiger partial charge in [0.25, 0.3) is 0 Å². The third-order valence-corrected chi connectivity index (χ3v) is 5.93. The number of ether oxygens (including phenoxy) is 2. The van der Waals surface area contributed by atoms with Crippen LogP contribution in [0.4, 0.5) is 0 Å². The lowest BCUT2D eigenvalue weighted by atomic mass is 9.96. The molecule has 0 heterocycles. The number of carbonyl (C=O) groups excluding carboxylic acids is 1. The van der Waals surface area contributed by atoms with Crippen molar-refractivity contribution < 1.29 is 24.2 Å². The second-order valence-electron chi connectivity index (χ2n) is 7.20. The molecule has 0 radical (unpaired) electrons. The van der Waals surface area contributed by atoms with Gasteiger partial charge in [0, 0.05) is 0 Å². The van der Waals surface area contributed by atoms with E-state index in [9.17, 15) is 9.59 Å². The van der Waals surface area contributed by atoms with Crippen LogP contribution in [0.5, 0.6) is 11.5 Å². The molecule has 0 aromatic heterocycles. The molecule has 2 aliphatic rings. The minimum atomic E-state index is -0.720. The van der Waals surface area contributed by atoms with E-state index in [1.54, 1.807) is 26.4 Å². The minimum Gasteiger partial charge on any atom is -0.497 e. The van der Waals surface area contributed by atoms with Crippen LogP contribution in [-0.4, -0.2) is 30.5 Å². The molecule has 6 heteroatoms. The molecule has 28 heavy (non-hydrogen) atoms. The van der Waals surface area contributed by atoms with Crippen LogP contribution in [0.2, 0.25) is 0 Å². The first-order chi connectivity index (χ1) is 13.4. The number of carbonyl (C=O) groups is 2. The van der Waals surface area contributed by atoms with Gasteiger partial charge in [-0.1, -0.05) is 24.3 Å². The van der Waals surface area contributed by atoms with Gasteiger partial charge in [0.05, 0.1) is 25.0 Å². The van der Waals surface area contributed by atoms with E-state index in [0.717, 1.165) is 48.3 Å². The minimum absolute atomic E-state index is 0.248. The lowest BCUT2D eigenvalue weighted by Gasteiger charge is -2.10. The third-order valence-electron chi connectivity index (χ3n) is 5.57. The number of aliphatic carboxylic acids is 1. The molecule has 2 fully saturated rings. The second-order valence-corrected chi connectivity index (χ2v) is 7.54. The van der Waals surface area contributed by atoms with Crippen molar-refractivity contribution >= 4 is 22.8 Å². The van der Waals surface area contributed by atoms with Crippen molar-refractivity contribution in [3.8, 4) is 11.5 Å². The summed E-state index contributed by atoms with van der Waals surface area (Å²) in [5.74, 6) is 0.837. The predicted octanol–water partition coefficient (Wildman–Crippen LogP) is 4.30. The zero-order chi connectivity index (χ0) is 20.4. The Balaban J connectivity index is 0.000000161. The average molecular weight is 403 g/mol. The fraction of sp³-hybridized carbons (Fsp3) is 0.364. The molecule has 1 N–H and O–H groups in total. The zero-order valence-corrected chi connectivity index (χ0v) is 16.7. The van der Waals surface area contributed by atoms with E-state index in [-0.39, 0.29) is 5.24 Å². The lowest BCUT2D eigenvalue weighted by molar-refractivity contribution is -0.140. The highest BCUT2D eigenvalue weighted by Gasteiger charge is 2.51. The van der Waals surface area contributed by atoms with E-state index in [2.05, 4.69) is 0 Å². The SMILES string of the molecule is COc1ccc(C2(C(=O)Cl)CC2)cc1.COc1ccc(C2(C(=O)O)CC2)cc1. The van der Waals surface area contributed by atoms with E-state index in [0.29, 0.717) is 0 Å². The van der Waals surface area contributed by atoms with Crippen LogP contribution in [0.1, 0.15) is 36.8 Å². The molecule has 0 unspecified atom stereocenters. The van der Waals surface area contributed by atoms with Gasteiger partial charge in [0.2, 0.25) is 5.24 Å². The Kier molecular flexibility index (Phi) is 5.66. The van der Waals surface area contributed by atoms with Gasteiger partial charge in [-0.05, 0) is 72.7 Å². The fourth-order valence-electron chi connectivity index (χ4n) is 3.29. The summed E-state index contributed by atoms with van der Waals surface area (Å²) in [4.78, 5) is 22.2. The summed E-state index contributed by atoms with van der Waals surface area (Å²) in [6.45, 7) is 0. The van der Waals surface area contributed by atoms with Crippen LogP contribution in [-0.2, 0) is 20.4 Å². The van der Waals surface area contributed by atoms with Crippen LogP contribution in [0.3, 0.4) is 0 Å². The fourth-order valence-corrected chi connectivity index (χ4v) is 3.59. The summed E-state index contributed by atoms with van der Waals surface area (Å²) >= 11 is 5.57. The molecule has 2 aliphatic carbocycles. The molecule has 0 spiro atoms. The van der Waals surface area contributed by atoms with Gasteiger partial charge >= 0.3 is 5.97 Å². The number of hydrogen-bond acceptors (Lipinski definition) is 4. The highest BCUT2D eigenvalue weighted by Crippen LogP contribution is 2.50. The summed E-state index contributed by atoms with van der Waals surface area (Å²) in [5.41, 5.74) is 0.879. The molecular weight excluding hydrogens is 380 g/mol. The van der Waals surface area contributed by atoms with E-state index in [1.807, 2.05) is 36.4 Å². The van der Waals surface area contributed by atoms with E-state index < -0.39 is 16.8 Å². The Bertz CT molecular complexity index is 776. The van der Waals surface area contributed by atoms with E-state index >= 15 is 0 Å². The topological polar surface area (TPSA) is 72.8 Å². The van der Waals surface area contributed by atoms with Crippen molar-refractivity contribution in [2.75, 3.05) is 14.2 Å². The molecule has 0 saturated heterocycles. The Morgan fingerprint density at radius 2 is 1.14 bits per heavy atom. The molecule has 0 amide bonds. The number of rotatable bonds is 6. The molecule has 0 atom stereocenters. The summed E-state index contributed by atoms with van der Waals surface area (Å²) in [5, 5.41) is 8.80. The second kappa shape index (κ2) is 7.84. The number of methoxy groups -OCH3 is 2. The number of carboxylic acid groups (broad SMARTS) is 1. The molecule has 4 rings (SSSR count). The van der Waals surface area contributed by atoms with Crippen LogP contribution in [0.25, 0.3) is 0 Å². The Labute approximate surface area is 169 Å². The standard InChI is InChI=1S/C11H11ClO2.C11H12O3/c2*1-14-9-4-2-8(3-5-9)11(6-7-11)10(12)13/h2-5H,6-7H2,1H3;2-5H,6-7H2,1H3,(H,12,13). The molecular formula is C22H23ClO5. The van der Waals surface area contributed by atoms with Gasteiger partial charge < -0.3 is 14.6 Å². The van der Waals surface area contributed by atoms with Crippen molar-refractivity contribution in [3.63, 3.8) is 0 Å². The summed E-state index contributed by atoms with van der Waals surface area (Å²) in [7, 11) is 3.22. The van der Waals surface area contributed by atoms with Crippen molar-refractivity contribution in [3.05, 3.63) is 59.7 Å². The van der Waals surface area contributed by atoms with E-state index in [4.69, 9.17) is 26.2 Å². The van der Waals surface area contributed by atoms with Crippen molar-refractivity contribution in [2.45, 2.75) is 36.5 Å². The van der Waals surface area contributed by atoms with Crippen molar-refractivity contribution in [1.82, 2.24) is 0 Å². The van der Waals surface area contributed by atoms with Gasteiger partial charge in [-0.15, -0.1) is 0 Å². The van der Waals surface area contributed by atoms with Gasteiger partial charge in [0.15, 0.2) is 0 Å². The lowest BCUT2D eigenvalue weighted by Crippen LogP contribution is -2.19. The van der Waals surface area contributed by atoms with Crippen LogP contribution >= 0.6 is 11.6 Å². The Morgan fingerprint density at radius 3 is 1.39 bits per heavy atom. The van der Waals surface area contributed by atoms with E-state index in [1.165, 1.54) is 0 Å². The van der Waals surface area contributed by atoms with Crippen LogP contribution in [0, 0.1) is 0 Å². The quantitative estimate of drug-likeness (QED) is 0.729. The normalized spacial score (nSPS) is 17.5. The number of hydrogen-bond donors (Lipinski definition) is 1. The van der Waals surface area contributed by atoms with Crippen LogP contribution < -0.4 is 9.47 Å². The summed E-state index contributed by atoms with van der Waals surface area (Å²) in [6.07, 6.45) is 3.21. The Hall–Kier alpha value is -2.53. The first-order valence-corrected chi connectivity index (χ1v) is 9.48. The molecule has 5 nitrogen and oxygen atoms in total. The van der Waals surface area contributed by atoms with Gasteiger partial charge in [-0.3, -0.25) is 9.59 Å². The zero-order valence-electron chi connectivity index (χ0n) is 15.9. The molecule has 2 aromatic carbocycles. The molecule has 0 bridgehead atoms. The largest absolute Gasteiger partial charge is 0.497 e. The number of halogens is 1.